The summed E-state index contributed by atoms with van der Waals surface area (Å²) >= 11 is 6.19. The van der Waals surface area contributed by atoms with Gasteiger partial charge in [0.15, 0.2) is 6.61 Å². The molecule has 0 bridgehead atoms. The zero-order valence-electron chi connectivity index (χ0n) is 12.7. The van der Waals surface area contributed by atoms with Gasteiger partial charge in [-0.1, -0.05) is 15.9 Å². The Kier molecular flexibility index (Phi) is 6.27. The summed E-state index contributed by atoms with van der Waals surface area (Å²) in [7, 11) is 0. The number of benzene rings is 2. The van der Waals surface area contributed by atoms with Gasteiger partial charge in [0.05, 0.1) is 15.1 Å². The fourth-order valence-corrected chi connectivity index (χ4v) is 3.06. The summed E-state index contributed by atoms with van der Waals surface area (Å²) < 4.78 is 19.1. The van der Waals surface area contributed by atoms with E-state index in [1.807, 2.05) is 0 Å². The van der Waals surface area contributed by atoms with Crippen LogP contribution in [-0.4, -0.2) is 28.5 Å². The standard InChI is InChI=1S/C15H9Br2FN2O6/c16-7-3-9(14(22)10(17)4-7)15(23)26-6-13(21)19-12-5-8(20(24)25)1-2-11(12)18/h1-5,22H,6H2,(H,19,21). The molecule has 136 valence electrons. The number of nitrogens with zero attached hydrogens (tertiary/aromatic N) is 1. The molecule has 26 heavy (non-hydrogen) atoms. The van der Waals surface area contributed by atoms with Gasteiger partial charge in [-0.05, 0) is 34.1 Å². The first-order valence-electron chi connectivity index (χ1n) is 6.78. The van der Waals surface area contributed by atoms with Gasteiger partial charge in [-0.25, -0.2) is 9.18 Å². The number of aromatic hydroxyl groups is 1. The molecule has 0 saturated heterocycles. The summed E-state index contributed by atoms with van der Waals surface area (Å²) in [4.78, 5) is 33.7. The summed E-state index contributed by atoms with van der Waals surface area (Å²) in [6.07, 6.45) is 0. The van der Waals surface area contributed by atoms with Crippen molar-refractivity contribution in [2.24, 2.45) is 0 Å². The minimum absolute atomic E-state index is 0.194. The van der Waals surface area contributed by atoms with E-state index in [-0.39, 0.29) is 15.8 Å². The number of nitro groups is 1. The number of phenols is 1. The molecule has 0 aliphatic carbocycles. The lowest BCUT2D eigenvalue weighted by molar-refractivity contribution is -0.384. The maximum absolute atomic E-state index is 13.6. The molecule has 0 atom stereocenters. The van der Waals surface area contributed by atoms with Gasteiger partial charge in [-0.15, -0.1) is 0 Å². The lowest BCUT2D eigenvalue weighted by Crippen LogP contribution is -2.21. The number of hydrogen-bond acceptors (Lipinski definition) is 6. The normalized spacial score (nSPS) is 10.3. The van der Waals surface area contributed by atoms with Crippen LogP contribution in [0.2, 0.25) is 0 Å². The number of carbonyl (C=O) groups is 2. The zero-order valence-corrected chi connectivity index (χ0v) is 15.8. The maximum Gasteiger partial charge on any atom is 0.342 e. The average molecular weight is 492 g/mol. The smallest absolute Gasteiger partial charge is 0.342 e. The molecule has 0 aromatic heterocycles. The molecular formula is C15H9Br2FN2O6. The third-order valence-corrected chi connectivity index (χ3v) is 4.08. The van der Waals surface area contributed by atoms with Crippen LogP contribution >= 0.6 is 31.9 Å². The summed E-state index contributed by atoms with van der Waals surface area (Å²) in [6, 6.07) is 5.41. The number of carbonyl (C=O) groups excluding carboxylic acids is 2. The second kappa shape index (κ2) is 8.23. The quantitative estimate of drug-likeness (QED) is 0.373. The Balaban J connectivity index is 2.05. The van der Waals surface area contributed by atoms with Crippen molar-refractivity contribution >= 4 is 55.1 Å². The molecule has 0 aliphatic rings. The van der Waals surface area contributed by atoms with Gasteiger partial charge in [0.1, 0.15) is 17.1 Å². The summed E-state index contributed by atoms with van der Waals surface area (Å²) in [5, 5.41) is 22.6. The van der Waals surface area contributed by atoms with E-state index in [4.69, 9.17) is 4.74 Å². The van der Waals surface area contributed by atoms with E-state index >= 15 is 0 Å². The molecule has 11 heteroatoms. The number of ether oxygens (including phenoxy) is 1. The number of phenolic OH excluding ortho intramolecular Hbond substituents is 1. The third kappa shape index (κ3) is 4.76. The fraction of sp³-hybridized carbons (Fsp3) is 0.0667. The van der Waals surface area contributed by atoms with Crippen LogP contribution in [0.3, 0.4) is 0 Å². The van der Waals surface area contributed by atoms with Crippen LogP contribution in [0.15, 0.2) is 39.3 Å². The van der Waals surface area contributed by atoms with Crippen LogP contribution < -0.4 is 5.32 Å². The van der Waals surface area contributed by atoms with Crippen LogP contribution in [0.5, 0.6) is 5.75 Å². The summed E-state index contributed by atoms with van der Waals surface area (Å²) in [5.41, 5.74) is -1.03. The van der Waals surface area contributed by atoms with Gasteiger partial charge < -0.3 is 15.2 Å². The molecule has 0 saturated carbocycles. The van der Waals surface area contributed by atoms with Gasteiger partial charge in [-0.3, -0.25) is 14.9 Å². The SMILES string of the molecule is O=C(COC(=O)c1cc(Br)cc(Br)c1O)Nc1cc([N+](=O)[O-])ccc1F. The summed E-state index contributed by atoms with van der Waals surface area (Å²) in [5.74, 6) is -3.15. The highest BCUT2D eigenvalue weighted by molar-refractivity contribution is 9.11. The number of halogens is 3. The van der Waals surface area contributed by atoms with Crippen LogP contribution in [0.4, 0.5) is 15.8 Å². The molecule has 2 aromatic rings. The third-order valence-electron chi connectivity index (χ3n) is 3.02. The van der Waals surface area contributed by atoms with Crippen LogP contribution in [-0.2, 0) is 9.53 Å². The number of rotatable bonds is 5. The predicted octanol–water partition coefficient (Wildman–Crippen LogP) is 3.76. The predicted molar refractivity (Wildman–Crippen MR) is 95.5 cm³/mol. The highest BCUT2D eigenvalue weighted by atomic mass is 79.9. The Hall–Kier alpha value is -2.53. The lowest BCUT2D eigenvalue weighted by atomic mass is 10.2. The van der Waals surface area contributed by atoms with Crippen LogP contribution in [0, 0.1) is 15.9 Å². The van der Waals surface area contributed by atoms with Gasteiger partial charge >= 0.3 is 5.97 Å². The largest absolute Gasteiger partial charge is 0.506 e. The van der Waals surface area contributed by atoms with Gasteiger partial charge in [0.2, 0.25) is 0 Å². The maximum atomic E-state index is 13.6. The first-order valence-corrected chi connectivity index (χ1v) is 8.36. The van der Waals surface area contributed by atoms with Crippen molar-refractivity contribution in [1.29, 1.82) is 0 Å². The molecule has 8 nitrogen and oxygen atoms in total. The monoisotopic (exact) mass is 490 g/mol. The molecule has 1 amide bonds. The second-order valence-electron chi connectivity index (χ2n) is 4.83. The number of amides is 1. The van der Waals surface area contributed by atoms with Crippen molar-refractivity contribution in [2.45, 2.75) is 0 Å². The first kappa shape index (κ1) is 19.8. The molecule has 0 unspecified atom stereocenters. The Morgan fingerprint density at radius 1 is 1.27 bits per heavy atom. The number of hydrogen-bond donors (Lipinski definition) is 2. The fourth-order valence-electron chi connectivity index (χ4n) is 1.84. The van der Waals surface area contributed by atoms with E-state index in [0.717, 1.165) is 18.2 Å². The van der Waals surface area contributed by atoms with Crippen molar-refractivity contribution in [3.05, 3.63) is 60.8 Å². The van der Waals surface area contributed by atoms with Crippen molar-refractivity contribution in [3.63, 3.8) is 0 Å². The number of nitrogens with one attached hydrogen (secondary N) is 1. The molecule has 0 spiro atoms. The minimum Gasteiger partial charge on any atom is -0.506 e. The van der Waals surface area contributed by atoms with Gasteiger partial charge in [0.25, 0.3) is 11.6 Å². The van der Waals surface area contributed by atoms with E-state index in [2.05, 4.69) is 37.2 Å². The number of anilines is 1. The Bertz CT molecular complexity index is 906. The van der Waals surface area contributed by atoms with E-state index < -0.39 is 40.6 Å². The number of non-ortho nitro benzene ring substituents is 1. The molecule has 2 aromatic carbocycles. The molecule has 0 fully saturated rings. The Morgan fingerprint density at radius 2 is 1.96 bits per heavy atom. The molecule has 2 rings (SSSR count). The molecule has 0 aliphatic heterocycles. The molecular weight excluding hydrogens is 483 g/mol. The highest BCUT2D eigenvalue weighted by Gasteiger charge is 2.19. The average Bonchev–Trinajstić information content (AvgIpc) is 2.57. The van der Waals surface area contributed by atoms with Crippen molar-refractivity contribution in [2.75, 3.05) is 11.9 Å². The Labute approximate surface area is 162 Å². The van der Waals surface area contributed by atoms with Crippen molar-refractivity contribution in [3.8, 4) is 5.75 Å². The molecule has 0 radical (unpaired) electrons. The van der Waals surface area contributed by atoms with E-state index in [0.29, 0.717) is 4.47 Å². The van der Waals surface area contributed by atoms with E-state index in [1.54, 1.807) is 0 Å². The minimum atomic E-state index is -0.987. The van der Waals surface area contributed by atoms with E-state index in [1.165, 1.54) is 12.1 Å². The van der Waals surface area contributed by atoms with Crippen molar-refractivity contribution in [1.82, 2.24) is 0 Å². The van der Waals surface area contributed by atoms with E-state index in [9.17, 15) is 29.2 Å². The molecule has 2 N–H and O–H groups in total. The Morgan fingerprint density at radius 3 is 2.62 bits per heavy atom. The second-order valence-corrected chi connectivity index (χ2v) is 6.60. The zero-order chi connectivity index (χ0) is 19.4. The summed E-state index contributed by atoms with van der Waals surface area (Å²) in [6.45, 7) is -0.787. The number of esters is 1. The van der Waals surface area contributed by atoms with Crippen LogP contribution in [0.1, 0.15) is 10.4 Å². The topological polar surface area (TPSA) is 119 Å². The number of nitro benzene ring substituents is 1. The van der Waals surface area contributed by atoms with Gasteiger partial charge in [0, 0.05) is 16.6 Å². The first-order chi connectivity index (χ1) is 12.2. The lowest BCUT2D eigenvalue weighted by Gasteiger charge is -2.09. The highest BCUT2D eigenvalue weighted by Crippen LogP contribution is 2.32. The van der Waals surface area contributed by atoms with Crippen molar-refractivity contribution < 1.29 is 28.7 Å². The van der Waals surface area contributed by atoms with Crippen LogP contribution in [0.25, 0.3) is 0 Å². The van der Waals surface area contributed by atoms with Gasteiger partial charge in [-0.2, -0.15) is 0 Å². The molecule has 0 heterocycles.